The van der Waals surface area contributed by atoms with E-state index >= 15 is 0 Å². The monoisotopic (exact) mass is 421 g/mol. The van der Waals surface area contributed by atoms with Crippen LogP contribution in [-0.4, -0.2) is 43.7 Å². The zero-order valence-corrected chi connectivity index (χ0v) is 18.4. The third-order valence-electron chi connectivity index (χ3n) is 4.67. The highest BCUT2D eigenvalue weighted by Crippen LogP contribution is 2.37. The van der Waals surface area contributed by atoms with Gasteiger partial charge in [-0.25, -0.2) is 24.0 Å². The van der Waals surface area contributed by atoms with Crippen LogP contribution < -0.4 is 10.7 Å². The van der Waals surface area contributed by atoms with Crippen molar-refractivity contribution < 1.29 is 23.1 Å². The van der Waals surface area contributed by atoms with Gasteiger partial charge in [-0.1, -0.05) is 20.8 Å². The number of nitrogens with zero attached hydrogens (tertiary/aromatic N) is 1. The number of hydrazine groups is 1. The summed E-state index contributed by atoms with van der Waals surface area (Å²) in [6, 6.07) is 2.64. The van der Waals surface area contributed by atoms with Crippen molar-refractivity contribution >= 4 is 27.0 Å². The van der Waals surface area contributed by atoms with Gasteiger partial charge >= 0.3 is 6.09 Å². The summed E-state index contributed by atoms with van der Waals surface area (Å²) in [7, 11) is -0.790. The number of hydrogen-bond donors (Lipinski definition) is 4. The van der Waals surface area contributed by atoms with E-state index in [9.17, 15) is 13.6 Å². The van der Waals surface area contributed by atoms with Gasteiger partial charge in [0.05, 0.1) is 12.6 Å². The minimum atomic E-state index is -2.11. The van der Waals surface area contributed by atoms with Gasteiger partial charge < -0.3 is 9.53 Å². The van der Waals surface area contributed by atoms with E-state index in [1.165, 1.54) is 19.2 Å². The van der Waals surface area contributed by atoms with Gasteiger partial charge in [0, 0.05) is 13.1 Å². The van der Waals surface area contributed by atoms with Crippen molar-refractivity contribution in [2.24, 2.45) is 0 Å². The number of carboxylic acid groups (broad SMARTS) is 1. The molecule has 0 fully saturated rings. The quantitative estimate of drug-likeness (QED) is 0.221. The van der Waals surface area contributed by atoms with Crippen LogP contribution in [0.2, 0.25) is 18.1 Å². The van der Waals surface area contributed by atoms with Crippen LogP contribution >= 0.6 is 12.6 Å². The molecule has 1 aromatic carbocycles. The van der Waals surface area contributed by atoms with Crippen LogP contribution in [0.25, 0.3) is 0 Å². The highest BCUT2D eigenvalue weighted by Gasteiger charge is 2.37. The first-order valence-electron chi connectivity index (χ1n) is 8.50. The maximum Gasteiger partial charge on any atom is 0.421 e. The third-order valence-corrected chi connectivity index (χ3v) is 9.43. The van der Waals surface area contributed by atoms with Crippen molar-refractivity contribution in [3.05, 3.63) is 35.4 Å². The molecule has 0 aliphatic heterocycles. The first kappa shape index (κ1) is 23.8. The maximum absolute atomic E-state index is 13.7. The summed E-state index contributed by atoms with van der Waals surface area (Å²) >= 11 is 4.27. The van der Waals surface area contributed by atoms with Gasteiger partial charge in [0.2, 0.25) is 0 Å². The molecule has 27 heavy (non-hydrogen) atoms. The molecule has 0 bridgehead atoms. The summed E-state index contributed by atoms with van der Waals surface area (Å²) < 4.78 is 33.6. The lowest BCUT2D eigenvalue weighted by Gasteiger charge is -2.38. The molecule has 3 N–H and O–H groups in total. The number of rotatable bonds is 8. The molecule has 10 heteroatoms. The van der Waals surface area contributed by atoms with Crippen molar-refractivity contribution in [2.45, 2.75) is 50.4 Å². The van der Waals surface area contributed by atoms with Crippen LogP contribution in [-0.2, 0) is 4.43 Å². The van der Waals surface area contributed by atoms with Crippen molar-refractivity contribution in [1.29, 1.82) is 0 Å². The Kier molecular flexibility index (Phi) is 8.24. The van der Waals surface area contributed by atoms with Gasteiger partial charge in [-0.3, -0.25) is 5.32 Å². The second kappa shape index (κ2) is 9.33. The topological polar surface area (TPSA) is 73.8 Å². The highest BCUT2D eigenvalue weighted by atomic mass is 32.1. The average molecular weight is 422 g/mol. The lowest BCUT2D eigenvalue weighted by molar-refractivity contribution is 0.127. The Morgan fingerprint density at radius 2 is 1.81 bits per heavy atom. The Morgan fingerprint density at radius 1 is 1.30 bits per heavy atom. The molecular weight excluding hydrogens is 392 g/mol. The summed E-state index contributed by atoms with van der Waals surface area (Å²) in [5.74, 6) is -1.40. The number of thiol groups is 1. The second-order valence-electron chi connectivity index (χ2n) is 7.87. The molecule has 6 nitrogen and oxygen atoms in total. The van der Waals surface area contributed by atoms with Crippen molar-refractivity contribution in [1.82, 2.24) is 15.8 Å². The molecule has 0 heterocycles. The maximum atomic E-state index is 13.7. The van der Waals surface area contributed by atoms with E-state index < -0.39 is 37.6 Å². The van der Waals surface area contributed by atoms with Crippen LogP contribution in [0.3, 0.4) is 0 Å². The smallest absolute Gasteiger partial charge is 0.421 e. The third kappa shape index (κ3) is 7.38. The van der Waals surface area contributed by atoms with Gasteiger partial charge in [-0.15, -0.1) is 12.6 Å². The first-order chi connectivity index (χ1) is 12.2. The number of hydrogen-bond acceptors (Lipinski definition) is 5. The average Bonchev–Trinajstić information content (AvgIpc) is 2.49. The highest BCUT2D eigenvalue weighted by molar-refractivity contribution is 7.80. The Bertz CT molecular complexity index is 639. The minimum Gasteiger partial charge on any atom is -0.464 e. The normalized spacial score (nSPS) is 14.7. The molecule has 0 aliphatic rings. The van der Waals surface area contributed by atoms with Gasteiger partial charge in [-0.05, 0) is 35.8 Å². The summed E-state index contributed by atoms with van der Waals surface area (Å²) in [5.41, 5.74) is 2.16. The van der Waals surface area contributed by atoms with E-state index in [1.807, 2.05) is 0 Å². The number of amides is 1. The predicted octanol–water partition coefficient (Wildman–Crippen LogP) is 3.95. The van der Waals surface area contributed by atoms with Gasteiger partial charge in [0.25, 0.3) is 0 Å². The Balaban J connectivity index is 3.00. The van der Waals surface area contributed by atoms with Gasteiger partial charge in [0.1, 0.15) is 17.1 Å². The SMILES string of the molecule is CN(NC(S)NC(CO[Si](C)(C)C(C)(C)C)c1cc(F)cc(F)c1)C(=O)O. The molecule has 1 rings (SSSR count). The molecule has 2 unspecified atom stereocenters. The minimum absolute atomic E-state index is 0.0348. The zero-order chi connectivity index (χ0) is 21.0. The summed E-state index contributed by atoms with van der Waals surface area (Å²) in [4.78, 5) is 10.9. The van der Waals surface area contributed by atoms with Crippen molar-refractivity contribution in [2.75, 3.05) is 13.7 Å². The molecule has 0 radical (unpaired) electrons. The Hall–Kier alpha value is -1.20. The van der Waals surface area contributed by atoms with E-state index in [0.29, 0.717) is 5.56 Å². The zero-order valence-electron chi connectivity index (χ0n) is 16.5. The Labute approximate surface area is 165 Å². The number of nitrogens with one attached hydrogen (secondary N) is 2. The lowest BCUT2D eigenvalue weighted by atomic mass is 10.1. The number of halogens is 2. The predicted molar refractivity (Wildman–Crippen MR) is 107 cm³/mol. The van der Waals surface area contributed by atoms with Crippen LogP contribution in [0.5, 0.6) is 0 Å². The van der Waals surface area contributed by atoms with Crippen LogP contribution in [0.1, 0.15) is 32.4 Å². The molecule has 1 amide bonds. The fourth-order valence-electron chi connectivity index (χ4n) is 1.99. The summed E-state index contributed by atoms with van der Waals surface area (Å²) in [5, 5.41) is 12.7. The van der Waals surface area contributed by atoms with E-state index in [-0.39, 0.29) is 11.6 Å². The van der Waals surface area contributed by atoms with Crippen molar-refractivity contribution in [3.63, 3.8) is 0 Å². The van der Waals surface area contributed by atoms with Gasteiger partial charge in [0.15, 0.2) is 8.32 Å². The van der Waals surface area contributed by atoms with Crippen LogP contribution in [0.15, 0.2) is 18.2 Å². The number of carbonyl (C=O) groups is 1. The van der Waals surface area contributed by atoms with E-state index in [1.54, 1.807) is 0 Å². The molecule has 0 aromatic heterocycles. The van der Waals surface area contributed by atoms with E-state index in [4.69, 9.17) is 9.53 Å². The molecule has 0 aliphatic carbocycles. The lowest BCUT2D eigenvalue weighted by Crippen LogP contribution is -2.51. The molecule has 0 saturated carbocycles. The molecular formula is C17H29F2N3O3SSi. The van der Waals surface area contributed by atoms with Crippen LogP contribution in [0, 0.1) is 11.6 Å². The van der Waals surface area contributed by atoms with Crippen LogP contribution in [0.4, 0.5) is 13.6 Å². The molecule has 1 aromatic rings. The fourth-order valence-corrected chi connectivity index (χ4v) is 3.36. The molecule has 2 atom stereocenters. The number of benzene rings is 1. The Morgan fingerprint density at radius 3 is 2.26 bits per heavy atom. The molecule has 0 spiro atoms. The summed E-state index contributed by atoms with van der Waals surface area (Å²) in [6.45, 7) is 10.6. The standard InChI is InChI=1S/C17H29F2N3O3SSi/c1-17(2,3)27(5,6)25-10-14(11-7-12(18)9-13(19)8-11)20-15(26)21-22(4)16(23)24/h7-9,14-15,20-21,26H,10H2,1-6H3,(H,23,24). The fraction of sp³-hybridized carbons (Fsp3) is 0.588. The van der Waals surface area contributed by atoms with E-state index in [2.05, 4.69) is 57.2 Å². The van der Waals surface area contributed by atoms with Crippen molar-refractivity contribution in [3.8, 4) is 0 Å². The van der Waals surface area contributed by atoms with E-state index in [0.717, 1.165) is 11.1 Å². The summed E-state index contributed by atoms with van der Waals surface area (Å²) in [6.07, 6.45) is -1.19. The second-order valence-corrected chi connectivity index (χ2v) is 13.2. The van der Waals surface area contributed by atoms with Gasteiger partial charge in [-0.2, -0.15) is 0 Å². The first-order valence-corrected chi connectivity index (χ1v) is 11.9. The molecule has 154 valence electrons. The molecule has 0 saturated heterocycles. The largest absolute Gasteiger partial charge is 0.464 e.